The van der Waals surface area contributed by atoms with E-state index in [0.29, 0.717) is 17.0 Å². The molecule has 5 heteroatoms. The number of nitrogens with zero attached hydrogens (tertiary/aromatic N) is 2. The fraction of sp³-hybridized carbons (Fsp3) is 0.471. The number of hydrogen-bond acceptors (Lipinski definition) is 3. The quantitative estimate of drug-likeness (QED) is 0.927. The molecule has 5 nitrogen and oxygen atoms in total. The highest BCUT2D eigenvalue weighted by Crippen LogP contribution is 2.24. The third kappa shape index (κ3) is 2.75. The van der Waals surface area contributed by atoms with Crippen molar-refractivity contribution in [1.29, 1.82) is 0 Å². The fourth-order valence-corrected chi connectivity index (χ4v) is 3.08. The lowest BCUT2D eigenvalue weighted by Crippen LogP contribution is -2.30. The number of amides is 1. The third-order valence-corrected chi connectivity index (χ3v) is 4.39. The van der Waals surface area contributed by atoms with Gasteiger partial charge in [-0.25, -0.2) is 4.98 Å². The third-order valence-electron chi connectivity index (χ3n) is 4.39. The van der Waals surface area contributed by atoms with Crippen LogP contribution in [-0.2, 0) is 4.79 Å². The van der Waals surface area contributed by atoms with Crippen LogP contribution in [0.15, 0.2) is 23.1 Å². The molecule has 2 aromatic heterocycles. The van der Waals surface area contributed by atoms with Crippen molar-refractivity contribution in [3.63, 3.8) is 0 Å². The summed E-state index contributed by atoms with van der Waals surface area (Å²) < 4.78 is 1.48. The highest BCUT2D eigenvalue weighted by molar-refractivity contribution is 5.93. The summed E-state index contributed by atoms with van der Waals surface area (Å²) in [6.07, 6.45) is 6.90. The van der Waals surface area contributed by atoms with E-state index in [1.165, 1.54) is 10.8 Å². The maximum absolute atomic E-state index is 12.6. The predicted molar refractivity (Wildman–Crippen MR) is 86.1 cm³/mol. The van der Waals surface area contributed by atoms with Crippen molar-refractivity contribution in [2.24, 2.45) is 5.92 Å². The Bertz CT molecular complexity index is 773. The fourth-order valence-electron chi connectivity index (χ4n) is 3.08. The summed E-state index contributed by atoms with van der Waals surface area (Å²) in [6.45, 7) is 3.72. The molecule has 0 atom stereocenters. The molecule has 1 fully saturated rings. The number of pyridine rings is 1. The van der Waals surface area contributed by atoms with E-state index in [-0.39, 0.29) is 17.4 Å². The lowest BCUT2D eigenvalue weighted by atomic mass is 9.88. The summed E-state index contributed by atoms with van der Waals surface area (Å²) in [5.74, 6) is -0.0278. The molecule has 0 radical (unpaired) electrons. The minimum atomic E-state index is -0.216. The maximum Gasteiger partial charge on any atom is 0.281 e. The van der Waals surface area contributed by atoms with Gasteiger partial charge in [-0.15, -0.1) is 0 Å². The monoisotopic (exact) mass is 299 g/mol. The van der Waals surface area contributed by atoms with Gasteiger partial charge in [0.25, 0.3) is 5.56 Å². The number of hydrogen-bond donors (Lipinski definition) is 1. The van der Waals surface area contributed by atoms with Gasteiger partial charge in [0.05, 0.1) is 5.69 Å². The van der Waals surface area contributed by atoms with Crippen LogP contribution >= 0.6 is 0 Å². The van der Waals surface area contributed by atoms with E-state index in [0.717, 1.165) is 31.2 Å². The molecule has 0 aliphatic heterocycles. The number of nitrogens with one attached hydrogen (secondary N) is 1. The molecule has 0 saturated heterocycles. The summed E-state index contributed by atoms with van der Waals surface area (Å²) in [4.78, 5) is 29.4. The highest BCUT2D eigenvalue weighted by Gasteiger charge is 2.23. The molecule has 1 aliphatic rings. The number of fused-ring (bicyclic) bond motifs is 1. The number of anilines is 1. The van der Waals surface area contributed by atoms with E-state index in [1.807, 2.05) is 19.1 Å². The SMILES string of the molecule is Cc1ccn2c(=O)c(NC(=O)C3CCCCC3)c(C)nc2c1. The highest BCUT2D eigenvalue weighted by atomic mass is 16.2. The first-order chi connectivity index (χ1) is 10.6. The standard InChI is InChI=1S/C17H21N3O2/c1-11-8-9-20-14(10-11)18-12(2)15(17(20)22)19-16(21)13-6-4-3-5-7-13/h8-10,13H,3-7H2,1-2H3,(H,19,21). The number of carbonyl (C=O) groups excluding carboxylic acids is 1. The Morgan fingerprint density at radius 1 is 1.27 bits per heavy atom. The second-order valence-corrected chi connectivity index (χ2v) is 6.13. The van der Waals surface area contributed by atoms with Gasteiger partial charge >= 0.3 is 0 Å². The van der Waals surface area contributed by atoms with Crippen molar-refractivity contribution in [2.75, 3.05) is 5.32 Å². The number of aromatic nitrogens is 2. The summed E-state index contributed by atoms with van der Waals surface area (Å²) in [5, 5.41) is 2.82. The molecule has 0 bridgehead atoms. The molecule has 116 valence electrons. The lowest BCUT2D eigenvalue weighted by molar-refractivity contribution is -0.120. The molecule has 1 saturated carbocycles. The van der Waals surface area contributed by atoms with Crippen molar-refractivity contribution in [2.45, 2.75) is 46.0 Å². The summed E-state index contributed by atoms with van der Waals surface area (Å²) in [6, 6.07) is 3.72. The van der Waals surface area contributed by atoms with E-state index in [2.05, 4.69) is 10.3 Å². The van der Waals surface area contributed by atoms with E-state index in [9.17, 15) is 9.59 Å². The largest absolute Gasteiger partial charge is 0.320 e. The van der Waals surface area contributed by atoms with E-state index in [4.69, 9.17) is 0 Å². The number of aryl methyl sites for hydroxylation is 2. The second kappa shape index (κ2) is 5.91. The van der Waals surface area contributed by atoms with Gasteiger partial charge in [0, 0.05) is 12.1 Å². The van der Waals surface area contributed by atoms with Gasteiger partial charge in [0.1, 0.15) is 11.3 Å². The zero-order valence-corrected chi connectivity index (χ0v) is 13.1. The number of rotatable bonds is 2. The smallest absolute Gasteiger partial charge is 0.281 e. The minimum absolute atomic E-state index is 0.0197. The normalized spacial score (nSPS) is 15.9. The van der Waals surface area contributed by atoms with Crippen LogP contribution in [0.25, 0.3) is 5.65 Å². The van der Waals surface area contributed by atoms with Crippen LogP contribution in [0, 0.1) is 19.8 Å². The van der Waals surface area contributed by atoms with Gasteiger partial charge in [0.15, 0.2) is 0 Å². The average Bonchev–Trinajstić information content (AvgIpc) is 2.51. The molecule has 1 N–H and O–H groups in total. The van der Waals surface area contributed by atoms with Gasteiger partial charge < -0.3 is 5.32 Å². The first kappa shape index (κ1) is 14.8. The van der Waals surface area contributed by atoms with Gasteiger partial charge in [-0.3, -0.25) is 14.0 Å². The van der Waals surface area contributed by atoms with Crippen LogP contribution < -0.4 is 10.9 Å². The summed E-state index contributed by atoms with van der Waals surface area (Å²) in [5.41, 5.74) is 2.31. The van der Waals surface area contributed by atoms with Crippen LogP contribution in [-0.4, -0.2) is 15.3 Å². The Balaban J connectivity index is 1.95. The first-order valence-electron chi connectivity index (χ1n) is 7.87. The summed E-state index contributed by atoms with van der Waals surface area (Å²) in [7, 11) is 0. The van der Waals surface area contributed by atoms with Crippen molar-refractivity contribution in [3.8, 4) is 0 Å². The zero-order valence-electron chi connectivity index (χ0n) is 13.1. The van der Waals surface area contributed by atoms with Gasteiger partial charge in [-0.05, 0) is 44.4 Å². The Morgan fingerprint density at radius 3 is 2.73 bits per heavy atom. The van der Waals surface area contributed by atoms with E-state index in [1.54, 1.807) is 13.1 Å². The molecule has 0 spiro atoms. The van der Waals surface area contributed by atoms with Gasteiger partial charge in [-0.2, -0.15) is 0 Å². The molecule has 0 aromatic carbocycles. The molecule has 2 aromatic rings. The first-order valence-corrected chi connectivity index (χ1v) is 7.87. The average molecular weight is 299 g/mol. The van der Waals surface area contributed by atoms with Crippen molar-refractivity contribution >= 4 is 17.2 Å². The minimum Gasteiger partial charge on any atom is -0.320 e. The molecule has 2 heterocycles. The zero-order chi connectivity index (χ0) is 15.7. The van der Waals surface area contributed by atoms with Gasteiger partial charge in [0.2, 0.25) is 5.91 Å². The van der Waals surface area contributed by atoms with Gasteiger partial charge in [-0.1, -0.05) is 19.3 Å². The molecule has 1 aliphatic carbocycles. The molecule has 3 rings (SSSR count). The molecule has 22 heavy (non-hydrogen) atoms. The molecule has 0 unspecified atom stereocenters. The Kier molecular flexibility index (Phi) is 3.96. The Labute approximate surface area is 129 Å². The van der Waals surface area contributed by atoms with Crippen molar-refractivity contribution in [1.82, 2.24) is 9.38 Å². The predicted octanol–water partition coefficient (Wildman–Crippen LogP) is 2.83. The van der Waals surface area contributed by atoms with Crippen molar-refractivity contribution in [3.05, 3.63) is 39.9 Å². The topological polar surface area (TPSA) is 63.5 Å². The van der Waals surface area contributed by atoms with Crippen LogP contribution in [0.2, 0.25) is 0 Å². The van der Waals surface area contributed by atoms with Crippen molar-refractivity contribution < 1.29 is 4.79 Å². The molecular weight excluding hydrogens is 278 g/mol. The van der Waals surface area contributed by atoms with Crippen LogP contribution in [0.5, 0.6) is 0 Å². The molecular formula is C17H21N3O2. The maximum atomic E-state index is 12.6. The second-order valence-electron chi connectivity index (χ2n) is 6.13. The lowest BCUT2D eigenvalue weighted by Gasteiger charge is -2.21. The Hall–Kier alpha value is -2.17. The Morgan fingerprint density at radius 2 is 2.00 bits per heavy atom. The van der Waals surface area contributed by atoms with E-state index < -0.39 is 0 Å². The number of carbonyl (C=O) groups is 1. The van der Waals surface area contributed by atoms with Crippen LogP contribution in [0.3, 0.4) is 0 Å². The van der Waals surface area contributed by atoms with Crippen LogP contribution in [0.1, 0.15) is 43.4 Å². The van der Waals surface area contributed by atoms with E-state index >= 15 is 0 Å². The molecule has 1 amide bonds. The van der Waals surface area contributed by atoms with Crippen LogP contribution in [0.4, 0.5) is 5.69 Å². The summed E-state index contributed by atoms with van der Waals surface area (Å²) >= 11 is 0.